The van der Waals surface area contributed by atoms with Crippen LogP contribution in [0, 0.1) is 5.82 Å². The molecular weight excluding hydrogens is 385 g/mol. The summed E-state index contributed by atoms with van der Waals surface area (Å²) in [6, 6.07) is 7.73. The average Bonchev–Trinajstić information content (AvgIpc) is 3.21. The molecule has 0 aliphatic carbocycles. The molecular formula is C17H13ClFNO3S2. The molecule has 3 aromatic rings. The van der Waals surface area contributed by atoms with Crippen LogP contribution in [0.25, 0.3) is 10.1 Å². The molecule has 8 heteroatoms. The Bertz CT molecular complexity index is 924. The lowest BCUT2D eigenvalue weighted by molar-refractivity contribution is -0.124. The Hall–Kier alpha value is -1.96. The van der Waals surface area contributed by atoms with Crippen LogP contribution in [0.4, 0.5) is 4.39 Å². The number of amides is 1. The summed E-state index contributed by atoms with van der Waals surface area (Å²) < 4.78 is 18.8. The van der Waals surface area contributed by atoms with Crippen LogP contribution < -0.4 is 5.32 Å². The normalized spacial score (nSPS) is 12.1. The third kappa shape index (κ3) is 4.00. The lowest BCUT2D eigenvalue weighted by atomic mass is 10.2. The maximum atomic E-state index is 13.3. The number of carbonyl (C=O) groups is 2. The summed E-state index contributed by atoms with van der Waals surface area (Å²) in [5.74, 6) is -1.52. The minimum atomic E-state index is -0.703. The van der Waals surface area contributed by atoms with Gasteiger partial charge in [-0.15, -0.1) is 22.7 Å². The van der Waals surface area contributed by atoms with Gasteiger partial charge in [-0.25, -0.2) is 9.18 Å². The summed E-state index contributed by atoms with van der Waals surface area (Å²) in [6.07, 6.45) is 0. The van der Waals surface area contributed by atoms with E-state index < -0.39 is 24.3 Å². The Balaban J connectivity index is 1.62. The van der Waals surface area contributed by atoms with Crippen LogP contribution in [0.3, 0.4) is 0 Å². The van der Waals surface area contributed by atoms with Crippen molar-refractivity contribution in [1.29, 1.82) is 0 Å². The summed E-state index contributed by atoms with van der Waals surface area (Å²) in [4.78, 5) is 25.3. The van der Waals surface area contributed by atoms with E-state index in [9.17, 15) is 14.0 Å². The second kappa shape index (κ2) is 7.51. The zero-order valence-electron chi connectivity index (χ0n) is 13.0. The average molecular weight is 398 g/mol. The van der Waals surface area contributed by atoms with Crippen molar-refractivity contribution in [3.63, 3.8) is 0 Å². The fourth-order valence-corrected chi connectivity index (χ4v) is 4.42. The number of hydrogen-bond donors (Lipinski definition) is 1. The number of rotatable bonds is 5. The first-order valence-electron chi connectivity index (χ1n) is 7.33. The fraction of sp³-hybridized carbons (Fsp3) is 0.176. The van der Waals surface area contributed by atoms with E-state index in [0.717, 1.165) is 16.2 Å². The molecule has 1 N–H and O–H groups in total. The van der Waals surface area contributed by atoms with Crippen LogP contribution in [0.2, 0.25) is 5.02 Å². The predicted octanol–water partition coefficient (Wildman–Crippen LogP) is 4.79. The highest BCUT2D eigenvalue weighted by Gasteiger charge is 2.20. The molecule has 1 atom stereocenters. The molecule has 1 amide bonds. The predicted molar refractivity (Wildman–Crippen MR) is 98.0 cm³/mol. The maximum Gasteiger partial charge on any atom is 0.350 e. The number of halogens is 2. The number of thiophene rings is 2. The lowest BCUT2D eigenvalue weighted by Crippen LogP contribution is -2.30. The molecule has 0 aliphatic heterocycles. The molecule has 130 valence electrons. The van der Waals surface area contributed by atoms with Crippen molar-refractivity contribution in [2.24, 2.45) is 0 Å². The van der Waals surface area contributed by atoms with E-state index >= 15 is 0 Å². The van der Waals surface area contributed by atoms with Gasteiger partial charge >= 0.3 is 5.97 Å². The van der Waals surface area contributed by atoms with Crippen molar-refractivity contribution in [3.05, 3.63) is 56.3 Å². The van der Waals surface area contributed by atoms with Gasteiger partial charge in [0.15, 0.2) is 6.61 Å². The SMILES string of the molecule is C[C@H](NC(=O)COC(=O)c1sc2cc(F)ccc2c1Cl)c1cccs1. The summed E-state index contributed by atoms with van der Waals surface area (Å²) >= 11 is 8.72. The fourth-order valence-electron chi connectivity index (χ4n) is 2.26. The third-order valence-electron chi connectivity index (χ3n) is 3.46. The molecule has 0 bridgehead atoms. The van der Waals surface area contributed by atoms with Crippen molar-refractivity contribution in [2.45, 2.75) is 13.0 Å². The molecule has 0 saturated heterocycles. The molecule has 0 saturated carbocycles. The van der Waals surface area contributed by atoms with Crippen LogP contribution in [0.1, 0.15) is 27.5 Å². The molecule has 0 fully saturated rings. The molecule has 3 rings (SSSR count). The molecule has 2 heterocycles. The van der Waals surface area contributed by atoms with Crippen molar-refractivity contribution in [3.8, 4) is 0 Å². The number of nitrogens with one attached hydrogen (secondary N) is 1. The van der Waals surface area contributed by atoms with Crippen LogP contribution in [-0.2, 0) is 9.53 Å². The van der Waals surface area contributed by atoms with Gasteiger partial charge in [-0.2, -0.15) is 0 Å². The Morgan fingerprint density at radius 3 is 2.88 bits per heavy atom. The van der Waals surface area contributed by atoms with Crippen LogP contribution in [-0.4, -0.2) is 18.5 Å². The van der Waals surface area contributed by atoms with Crippen molar-refractivity contribution >= 4 is 56.2 Å². The smallest absolute Gasteiger partial charge is 0.350 e. The first-order valence-corrected chi connectivity index (χ1v) is 9.40. The van der Waals surface area contributed by atoms with E-state index in [4.69, 9.17) is 16.3 Å². The molecule has 0 radical (unpaired) electrons. The molecule has 25 heavy (non-hydrogen) atoms. The summed E-state index contributed by atoms with van der Waals surface area (Å²) in [5.41, 5.74) is 0. The lowest BCUT2D eigenvalue weighted by Gasteiger charge is -2.12. The van der Waals surface area contributed by atoms with Gasteiger partial charge in [0, 0.05) is 15.0 Å². The zero-order chi connectivity index (χ0) is 18.0. The second-order valence-electron chi connectivity index (χ2n) is 5.27. The third-order valence-corrected chi connectivity index (χ3v) is 6.15. The van der Waals surface area contributed by atoms with Crippen molar-refractivity contribution in [1.82, 2.24) is 5.32 Å². The first-order chi connectivity index (χ1) is 12.0. The monoisotopic (exact) mass is 397 g/mol. The topological polar surface area (TPSA) is 55.4 Å². The highest BCUT2D eigenvalue weighted by atomic mass is 35.5. The van der Waals surface area contributed by atoms with Crippen molar-refractivity contribution in [2.75, 3.05) is 6.61 Å². The number of esters is 1. The molecule has 4 nitrogen and oxygen atoms in total. The van der Waals surface area contributed by atoms with Gasteiger partial charge in [-0.05, 0) is 36.6 Å². The van der Waals surface area contributed by atoms with Gasteiger partial charge in [0.05, 0.1) is 11.1 Å². The Kier molecular flexibility index (Phi) is 5.36. The quantitative estimate of drug-likeness (QED) is 0.630. The molecule has 0 aliphatic rings. The zero-order valence-corrected chi connectivity index (χ0v) is 15.4. The van der Waals surface area contributed by atoms with Gasteiger partial charge in [-0.3, -0.25) is 4.79 Å². The van der Waals surface area contributed by atoms with Gasteiger partial charge in [0.25, 0.3) is 5.91 Å². The highest BCUT2D eigenvalue weighted by Crippen LogP contribution is 2.36. The van der Waals surface area contributed by atoms with E-state index in [1.54, 1.807) is 0 Å². The summed E-state index contributed by atoms with van der Waals surface area (Å²) in [6.45, 7) is 1.44. The Labute approximate surface area is 156 Å². The standard InChI is InChI=1S/C17H13ClFNO3S2/c1-9(12-3-2-6-24-12)20-14(21)8-23-17(22)16-15(18)11-5-4-10(19)7-13(11)25-16/h2-7,9H,8H2,1H3,(H,20,21)/t9-/m0/s1. The van der Waals surface area contributed by atoms with Crippen LogP contribution >= 0.6 is 34.3 Å². The van der Waals surface area contributed by atoms with Crippen molar-refractivity contribution < 1.29 is 18.7 Å². The number of carbonyl (C=O) groups excluding carboxylic acids is 2. The minimum absolute atomic E-state index is 0.154. The summed E-state index contributed by atoms with van der Waals surface area (Å²) in [5, 5.41) is 5.46. The van der Waals surface area contributed by atoms with E-state index in [1.165, 1.54) is 29.5 Å². The van der Waals surface area contributed by atoms with Gasteiger partial charge < -0.3 is 10.1 Å². The van der Waals surface area contributed by atoms with Gasteiger partial charge in [0.1, 0.15) is 10.7 Å². The van der Waals surface area contributed by atoms with E-state index in [2.05, 4.69) is 5.32 Å². The summed E-state index contributed by atoms with van der Waals surface area (Å²) in [7, 11) is 0. The van der Waals surface area contributed by atoms with Gasteiger partial charge in [0.2, 0.25) is 0 Å². The molecule has 1 aromatic carbocycles. The van der Waals surface area contributed by atoms with E-state index in [0.29, 0.717) is 10.1 Å². The second-order valence-corrected chi connectivity index (χ2v) is 7.68. The number of fused-ring (bicyclic) bond motifs is 1. The van der Waals surface area contributed by atoms with E-state index in [1.807, 2.05) is 24.4 Å². The minimum Gasteiger partial charge on any atom is -0.451 e. The van der Waals surface area contributed by atoms with Gasteiger partial charge in [-0.1, -0.05) is 17.7 Å². The Morgan fingerprint density at radius 1 is 1.36 bits per heavy atom. The first kappa shape index (κ1) is 17.8. The molecule has 0 spiro atoms. The number of hydrogen-bond acceptors (Lipinski definition) is 5. The molecule has 0 unspecified atom stereocenters. The highest BCUT2D eigenvalue weighted by molar-refractivity contribution is 7.21. The largest absolute Gasteiger partial charge is 0.451 e. The maximum absolute atomic E-state index is 13.3. The Morgan fingerprint density at radius 2 is 2.16 bits per heavy atom. The van der Waals surface area contributed by atoms with E-state index in [-0.39, 0.29) is 15.9 Å². The van der Waals surface area contributed by atoms with Crippen LogP contribution in [0.15, 0.2) is 35.7 Å². The number of ether oxygens (including phenoxy) is 1. The molecule has 2 aromatic heterocycles. The number of benzene rings is 1. The van der Waals surface area contributed by atoms with Crippen LogP contribution in [0.5, 0.6) is 0 Å².